The molecule has 1 atom stereocenters. The SMILES string of the molecule is CN=CN.Cn1ncc2c1CN1CC2N(OS(=O)(=O)O)C1=O. The molecule has 3 N–H and O–H groups in total. The Morgan fingerprint density at radius 1 is 1.59 bits per heavy atom. The predicted molar refractivity (Wildman–Crippen MR) is 74.8 cm³/mol. The van der Waals surface area contributed by atoms with Gasteiger partial charge in [-0.1, -0.05) is 0 Å². The van der Waals surface area contributed by atoms with Crippen LogP contribution in [0.4, 0.5) is 4.79 Å². The maximum absolute atomic E-state index is 11.9. The highest BCUT2D eigenvalue weighted by molar-refractivity contribution is 7.80. The molecule has 0 aliphatic carbocycles. The molecule has 0 saturated carbocycles. The first-order valence-electron chi connectivity index (χ1n) is 6.16. The number of carbonyl (C=O) groups excluding carboxylic acids is 1. The van der Waals surface area contributed by atoms with Gasteiger partial charge in [0.1, 0.15) is 6.04 Å². The lowest BCUT2D eigenvalue weighted by Gasteiger charge is -2.21. The van der Waals surface area contributed by atoms with Gasteiger partial charge in [0.2, 0.25) is 0 Å². The molecule has 3 rings (SSSR count). The van der Waals surface area contributed by atoms with Crippen LogP contribution in [0.2, 0.25) is 0 Å². The fourth-order valence-electron chi connectivity index (χ4n) is 2.31. The average Bonchev–Trinajstić information content (AvgIpc) is 2.94. The molecule has 0 aromatic carbocycles. The molecule has 12 heteroatoms. The topological polar surface area (TPSA) is 143 Å². The van der Waals surface area contributed by atoms with Crippen molar-refractivity contribution in [2.24, 2.45) is 17.8 Å². The molecule has 1 aromatic heterocycles. The summed E-state index contributed by atoms with van der Waals surface area (Å²) in [6.07, 6.45) is 2.82. The predicted octanol–water partition coefficient (Wildman–Crippen LogP) is -0.950. The van der Waals surface area contributed by atoms with Crippen LogP contribution in [-0.2, 0) is 28.3 Å². The Morgan fingerprint density at radius 3 is 2.77 bits per heavy atom. The molecule has 11 nitrogen and oxygen atoms in total. The third kappa shape index (κ3) is 3.03. The molecular formula is C10H16N6O5S. The van der Waals surface area contributed by atoms with Crippen LogP contribution in [0.5, 0.6) is 0 Å². The molecule has 1 fully saturated rings. The molecular weight excluding hydrogens is 316 g/mol. The Hall–Kier alpha value is -2.18. The van der Waals surface area contributed by atoms with Gasteiger partial charge in [0.15, 0.2) is 0 Å². The summed E-state index contributed by atoms with van der Waals surface area (Å²) in [5.41, 5.74) is 6.28. The number of nitrogens with two attached hydrogens (primary N) is 1. The summed E-state index contributed by atoms with van der Waals surface area (Å²) in [5, 5.41) is 4.73. The van der Waals surface area contributed by atoms with E-state index in [4.69, 9.17) is 10.3 Å². The second kappa shape index (κ2) is 5.90. The molecule has 2 aliphatic rings. The standard InChI is InChI=1S/C8H10N4O5S.C2H6N2/c1-10-6-3-11-4-7(5(6)2-9-10)12(8(11)13)17-18(14,15)16;1-4-2-3/h2,7H,3-4H2,1H3,(H,14,15,16);2H,1H3,(H2,3,4). The highest BCUT2D eigenvalue weighted by Gasteiger charge is 2.47. The summed E-state index contributed by atoms with van der Waals surface area (Å²) in [6, 6.07) is -1.16. The van der Waals surface area contributed by atoms with E-state index in [9.17, 15) is 13.2 Å². The van der Waals surface area contributed by atoms with Crippen LogP contribution in [-0.4, -0.2) is 58.7 Å². The van der Waals surface area contributed by atoms with Crippen molar-refractivity contribution in [1.82, 2.24) is 19.7 Å². The number of urea groups is 1. The minimum absolute atomic E-state index is 0.313. The van der Waals surface area contributed by atoms with Crippen LogP contribution in [0.3, 0.4) is 0 Å². The van der Waals surface area contributed by atoms with E-state index in [0.717, 1.165) is 11.3 Å². The summed E-state index contributed by atoms with van der Waals surface area (Å²) in [7, 11) is -1.36. The summed E-state index contributed by atoms with van der Waals surface area (Å²) >= 11 is 0. The van der Waals surface area contributed by atoms with Crippen molar-refractivity contribution < 1.29 is 22.0 Å². The minimum Gasteiger partial charge on any atom is -0.390 e. The van der Waals surface area contributed by atoms with E-state index in [0.29, 0.717) is 18.2 Å². The van der Waals surface area contributed by atoms with Crippen molar-refractivity contribution >= 4 is 22.8 Å². The van der Waals surface area contributed by atoms with Crippen molar-refractivity contribution in [3.8, 4) is 0 Å². The molecule has 2 aliphatic heterocycles. The Labute approximate surface area is 126 Å². The summed E-state index contributed by atoms with van der Waals surface area (Å²) in [4.78, 5) is 16.7. The fourth-order valence-corrected chi connectivity index (χ4v) is 2.68. The number of carbonyl (C=O) groups is 1. The van der Waals surface area contributed by atoms with E-state index in [2.05, 4.69) is 14.4 Å². The number of aryl methyl sites for hydroxylation is 1. The first-order valence-corrected chi connectivity index (χ1v) is 7.53. The van der Waals surface area contributed by atoms with Gasteiger partial charge in [-0.3, -0.25) is 14.2 Å². The maximum Gasteiger partial charge on any atom is 0.418 e. The van der Waals surface area contributed by atoms with Crippen LogP contribution >= 0.6 is 0 Å². The van der Waals surface area contributed by atoms with Crippen LogP contribution < -0.4 is 5.73 Å². The second-order valence-corrected chi connectivity index (χ2v) is 5.59. The number of hydroxylamine groups is 2. The largest absolute Gasteiger partial charge is 0.418 e. The molecule has 3 heterocycles. The van der Waals surface area contributed by atoms with Crippen molar-refractivity contribution in [2.45, 2.75) is 12.6 Å². The van der Waals surface area contributed by atoms with Gasteiger partial charge in [0, 0.05) is 19.7 Å². The van der Waals surface area contributed by atoms with Crippen molar-refractivity contribution in [1.29, 1.82) is 0 Å². The van der Waals surface area contributed by atoms with E-state index in [1.807, 2.05) is 0 Å². The van der Waals surface area contributed by atoms with Gasteiger partial charge in [0.05, 0.1) is 31.3 Å². The molecule has 1 unspecified atom stereocenters. The highest BCUT2D eigenvalue weighted by atomic mass is 32.3. The highest BCUT2D eigenvalue weighted by Crippen LogP contribution is 2.37. The quantitative estimate of drug-likeness (QED) is 0.403. The Balaban J connectivity index is 0.000000396. The molecule has 122 valence electrons. The normalized spacial score (nSPS) is 20.1. The van der Waals surface area contributed by atoms with Crippen molar-refractivity contribution in [3.63, 3.8) is 0 Å². The van der Waals surface area contributed by atoms with Crippen LogP contribution in [0, 0.1) is 0 Å². The third-order valence-electron chi connectivity index (χ3n) is 3.25. The lowest BCUT2D eigenvalue weighted by molar-refractivity contribution is -0.0316. The zero-order valence-electron chi connectivity index (χ0n) is 11.9. The summed E-state index contributed by atoms with van der Waals surface area (Å²) in [5.74, 6) is 0. The zero-order valence-corrected chi connectivity index (χ0v) is 12.8. The Kier molecular flexibility index (Phi) is 4.35. The third-order valence-corrected chi connectivity index (χ3v) is 3.60. The number of hydrogen-bond donors (Lipinski definition) is 2. The minimum atomic E-state index is -4.72. The van der Waals surface area contributed by atoms with Crippen LogP contribution in [0.15, 0.2) is 11.2 Å². The van der Waals surface area contributed by atoms with Crippen molar-refractivity contribution in [2.75, 3.05) is 13.6 Å². The van der Waals surface area contributed by atoms with Gasteiger partial charge in [-0.2, -0.15) is 18.6 Å². The first kappa shape index (κ1) is 16.2. The number of amides is 2. The fraction of sp³-hybridized carbons (Fsp3) is 0.500. The molecule has 2 bridgehead atoms. The van der Waals surface area contributed by atoms with Gasteiger partial charge in [-0.05, 0) is 0 Å². The van der Waals surface area contributed by atoms with E-state index in [1.54, 1.807) is 25.0 Å². The van der Waals surface area contributed by atoms with Gasteiger partial charge in [-0.25, -0.2) is 4.79 Å². The molecule has 22 heavy (non-hydrogen) atoms. The lowest BCUT2D eigenvalue weighted by Crippen LogP contribution is -2.32. The van der Waals surface area contributed by atoms with Gasteiger partial charge in [-0.15, -0.1) is 4.28 Å². The van der Waals surface area contributed by atoms with Crippen molar-refractivity contribution in [3.05, 3.63) is 17.5 Å². The molecule has 2 amide bonds. The van der Waals surface area contributed by atoms with Gasteiger partial charge < -0.3 is 10.6 Å². The van der Waals surface area contributed by atoms with Crippen LogP contribution in [0.25, 0.3) is 0 Å². The monoisotopic (exact) mass is 332 g/mol. The number of fused-ring (bicyclic) bond motifs is 4. The van der Waals surface area contributed by atoms with Crippen LogP contribution in [0.1, 0.15) is 17.3 Å². The number of rotatable bonds is 2. The lowest BCUT2D eigenvalue weighted by atomic mass is 10.1. The molecule has 0 radical (unpaired) electrons. The maximum atomic E-state index is 11.9. The second-order valence-electron chi connectivity index (χ2n) is 4.58. The number of aromatic nitrogens is 2. The molecule has 1 saturated heterocycles. The number of aliphatic imine (C=N–C) groups is 1. The Morgan fingerprint density at radius 2 is 2.23 bits per heavy atom. The van der Waals surface area contributed by atoms with Gasteiger partial charge in [0.25, 0.3) is 0 Å². The Bertz CT molecular complexity index is 695. The van der Waals surface area contributed by atoms with E-state index < -0.39 is 22.5 Å². The zero-order chi connectivity index (χ0) is 16.5. The van der Waals surface area contributed by atoms with E-state index in [1.165, 1.54) is 11.2 Å². The first-order chi connectivity index (χ1) is 10.3. The van der Waals surface area contributed by atoms with E-state index >= 15 is 0 Å². The summed E-state index contributed by atoms with van der Waals surface area (Å²) in [6.45, 7) is 0.652. The molecule has 0 spiro atoms. The summed E-state index contributed by atoms with van der Waals surface area (Å²) < 4.78 is 36.1. The molecule has 1 aromatic rings. The number of hydrogen-bond acceptors (Lipinski definition) is 6. The number of nitrogens with zero attached hydrogens (tertiary/aromatic N) is 5. The van der Waals surface area contributed by atoms with E-state index in [-0.39, 0.29) is 0 Å². The smallest absolute Gasteiger partial charge is 0.390 e. The average molecular weight is 332 g/mol. The van der Waals surface area contributed by atoms with Gasteiger partial charge >= 0.3 is 16.4 Å².